The van der Waals surface area contributed by atoms with Crippen LogP contribution in [0.3, 0.4) is 0 Å². The third-order valence-corrected chi connectivity index (χ3v) is 3.30. The van der Waals surface area contributed by atoms with Crippen molar-refractivity contribution in [3.05, 3.63) is 26.6 Å². The molecule has 1 aromatic rings. The quantitative estimate of drug-likeness (QED) is 0.837. The number of hydrogen-bond donors (Lipinski definition) is 2. The molecule has 1 rings (SSSR count). The summed E-state index contributed by atoms with van der Waals surface area (Å²) in [6.07, 6.45) is 0. The van der Waals surface area contributed by atoms with Crippen LogP contribution in [0.15, 0.2) is 21.1 Å². The van der Waals surface area contributed by atoms with Crippen LogP contribution < -0.4 is 0 Å². The molecule has 2 N–H and O–H groups in total. The van der Waals surface area contributed by atoms with Crippen molar-refractivity contribution in [1.29, 1.82) is 0 Å². The van der Waals surface area contributed by atoms with Crippen molar-refractivity contribution in [2.75, 3.05) is 0 Å². The molecule has 0 bridgehead atoms. The fraction of sp³-hybridized carbons (Fsp3) is 0. The Hall–Kier alpha value is -0.550. The zero-order valence-electron chi connectivity index (χ0n) is 5.71. The van der Waals surface area contributed by atoms with Crippen molar-refractivity contribution in [2.24, 2.45) is 0 Å². The molecule has 0 aliphatic heterocycles. The second-order valence-electron chi connectivity index (χ2n) is 2.06. The Kier molecular flexibility index (Phi) is 2.74. The summed E-state index contributed by atoms with van der Waals surface area (Å²) in [6.45, 7) is 0. The SMILES string of the molecule is O=C(O)c1c(O)ccc(Br)c1Br. The average molecular weight is 296 g/mol. The van der Waals surface area contributed by atoms with Gasteiger partial charge < -0.3 is 10.2 Å². The second kappa shape index (κ2) is 3.45. The van der Waals surface area contributed by atoms with Gasteiger partial charge in [-0.25, -0.2) is 4.79 Å². The van der Waals surface area contributed by atoms with Crippen molar-refractivity contribution >= 4 is 37.8 Å². The monoisotopic (exact) mass is 294 g/mol. The molecule has 5 heteroatoms. The third kappa shape index (κ3) is 1.61. The molecule has 0 spiro atoms. The molecule has 0 saturated heterocycles. The fourth-order valence-electron chi connectivity index (χ4n) is 0.744. The summed E-state index contributed by atoms with van der Waals surface area (Å²) in [5.41, 5.74) is -0.135. The molecule has 0 aliphatic rings. The summed E-state index contributed by atoms with van der Waals surface area (Å²) in [7, 11) is 0. The average Bonchev–Trinajstić information content (AvgIpc) is 1.97. The van der Waals surface area contributed by atoms with Crippen molar-refractivity contribution in [1.82, 2.24) is 0 Å². The maximum atomic E-state index is 10.6. The number of hydrogen-bond acceptors (Lipinski definition) is 2. The lowest BCUT2D eigenvalue weighted by Gasteiger charge is -2.03. The summed E-state index contributed by atoms with van der Waals surface area (Å²) < 4.78 is 0.938. The van der Waals surface area contributed by atoms with E-state index in [-0.39, 0.29) is 11.3 Å². The summed E-state index contributed by atoms with van der Waals surface area (Å²) in [6, 6.07) is 2.88. The molecule has 0 aliphatic carbocycles. The molecule has 3 nitrogen and oxygen atoms in total. The van der Waals surface area contributed by atoms with E-state index in [2.05, 4.69) is 31.9 Å². The minimum Gasteiger partial charge on any atom is -0.507 e. The number of benzene rings is 1. The maximum absolute atomic E-state index is 10.6. The van der Waals surface area contributed by atoms with Crippen LogP contribution in [0, 0.1) is 0 Å². The predicted molar refractivity (Wildman–Crippen MR) is 50.5 cm³/mol. The molecule has 0 fully saturated rings. The Morgan fingerprint density at radius 1 is 1.33 bits per heavy atom. The number of phenols is 1. The van der Waals surface area contributed by atoms with Gasteiger partial charge in [0.25, 0.3) is 0 Å². The first-order chi connectivity index (χ1) is 5.54. The van der Waals surface area contributed by atoms with E-state index in [9.17, 15) is 4.79 Å². The highest BCUT2D eigenvalue weighted by Gasteiger charge is 2.15. The summed E-state index contributed by atoms with van der Waals surface area (Å²) in [4.78, 5) is 10.6. The van der Waals surface area contributed by atoms with E-state index in [0.717, 1.165) is 0 Å². The van der Waals surface area contributed by atoms with Gasteiger partial charge in [0.15, 0.2) is 0 Å². The molecule has 0 heterocycles. The first kappa shape index (κ1) is 9.54. The van der Waals surface area contributed by atoms with Crippen LogP contribution in [-0.4, -0.2) is 16.2 Å². The molecule has 1 aromatic carbocycles. The molecule has 64 valence electrons. The van der Waals surface area contributed by atoms with Crippen LogP contribution >= 0.6 is 31.9 Å². The summed E-state index contributed by atoms with van der Waals surface area (Å²) in [5.74, 6) is -1.42. The number of rotatable bonds is 1. The molecule has 0 saturated carbocycles. The highest BCUT2D eigenvalue weighted by atomic mass is 79.9. The Bertz CT molecular complexity index is 336. The summed E-state index contributed by atoms with van der Waals surface area (Å²) >= 11 is 6.17. The number of carboxylic acids is 1. The Morgan fingerprint density at radius 3 is 2.33 bits per heavy atom. The third-order valence-electron chi connectivity index (χ3n) is 1.29. The molecule has 0 aromatic heterocycles. The first-order valence-corrected chi connectivity index (χ1v) is 4.53. The van der Waals surface area contributed by atoms with Gasteiger partial charge in [-0.2, -0.15) is 0 Å². The van der Waals surface area contributed by atoms with Crippen LogP contribution in [0.5, 0.6) is 5.75 Å². The lowest BCUT2D eigenvalue weighted by molar-refractivity contribution is 0.0692. The van der Waals surface area contributed by atoms with Gasteiger partial charge in [0, 0.05) is 4.47 Å². The van der Waals surface area contributed by atoms with Crippen molar-refractivity contribution < 1.29 is 15.0 Å². The molecule has 0 unspecified atom stereocenters. The van der Waals surface area contributed by atoms with E-state index < -0.39 is 5.97 Å². The predicted octanol–water partition coefficient (Wildman–Crippen LogP) is 2.62. The van der Waals surface area contributed by atoms with E-state index in [0.29, 0.717) is 8.95 Å². The van der Waals surface area contributed by atoms with Crippen LogP contribution in [0.2, 0.25) is 0 Å². The van der Waals surface area contributed by atoms with Gasteiger partial charge in [-0.15, -0.1) is 0 Å². The standard InChI is InChI=1S/C7H4Br2O3/c8-3-1-2-4(10)5(6(3)9)7(11)12/h1-2,10H,(H,11,12). The minimum atomic E-state index is -1.17. The van der Waals surface area contributed by atoms with Gasteiger partial charge in [-0.3, -0.25) is 0 Å². The van der Waals surface area contributed by atoms with Crippen molar-refractivity contribution in [3.63, 3.8) is 0 Å². The largest absolute Gasteiger partial charge is 0.507 e. The van der Waals surface area contributed by atoms with Crippen LogP contribution in [0.25, 0.3) is 0 Å². The minimum absolute atomic E-state index is 0.135. The van der Waals surface area contributed by atoms with E-state index in [1.54, 1.807) is 6.07 Å². The lowest BCUT2D eigenvalue weighted by atomic mass is 10.2. The molecule has 0 amide bonds. The van der Waals surface area contributed by atoms with Gasteiger partial charge in [0.1, 0.15) is 11.3 Å². The van der Waals surface area contributed by atoms with E-state index in [1.165, 1.54) is 6.07 Å². The number of halogens is 2. The summed E-state index contributed by atoms with van der Waals surface area (Å²) in [5, 5.41) is 17.8. The highest BCUT2D eigenvalue weighted by molar-refractivity contribution is 9.13. The van der Waals surface area contributed by atoms with Gasteiger partial charge in [0.05, 0.1) is 4.47 Å². The fourth-order valence-corrected chi connectivity index (χ4v) is 1.58. The molecule has 12 heavy (non-hydrogen) atoms. The zero-order chi connectivity index (χ0) is 9.30. The van der Waals surface area contributed by atoms with Gasteiger partial charge >= 0.3 is 5.97 Å². The number of aromatic carboxylic acids is 1. The molecular weight excluding hydrogens is 292 g/mol. The number of carbonyl (C=O) groups is 1. The molecular formula is C7H4Br2O3. The topological polar surface area (TPSA) is 57.5 Å². The first-order valence-electron chi connectivity index (χ1n) is 2.94. The normalized spacial score (nSPS) is 9.83. The Labute approximate surface area is 85.3 Å². The molecule has 0 radical (unpaired) electrons. The Morgan fingerprint density at radius 2 is 1.92 bits per heavy atom. The van der Waals surface area contributed by atoms with Gasteiger partial charge in [0.2, 0.25) is 0 Å². The highest BCUT2D eigenvalue weighted by Crippen LogP contribution is 2.32. The number of carboxylic acid groups (broad SMARTS) is 1. The van der Waals surface area contributed by atoms with Gasteiger partial charge in [-0.1, -0.05) is 0 Å². The van der Waals surface area contributed by atoms with Crippen LogP contribution in [0.4, 0.5) is 0 Å². The smallest absolute Gasteiger partial charge is 0.340 e. The van der Waals surface area contributed by atoms with Crippen LogP contribution in [0.1, 0.15) is 10.4 Å². The molecule has 0 atom stereocenters. The van der Waals surface area contributed by atoms with E-state index >= 15 is 0 Å². The lowest BCUT2D eigenvalue weighted by Crippen LogP contribution is -1.98. The van der Waals surface area contributed by atoms with Crippen molar-refractivity contribution in [3.8, 4) is 5.75 Å². The van der Waals surface area contributed by atoms with Crippen LogP contribution in [-0.2, 0) is 0 Å². The zero-order valence-corrected chi connectivity index (χ0v) is 8.89. The number of aromatic hydroxyl groups is 1. The van der Waals surface area contributed by atoms with Gasteiger partial charge in [-0.05, 0) is 44.0 Å². The van der Waals surface area contributed by atoms with E-state index in [4.69, 9.17) is 10.2 Å². The second-order valence-corrected chi connectivity index (χ2v) is 3.71. The Balaban J connectivity index is 3.43. The maximum Gasteiger partial charge on any atom is 0.340 e. The van der Waals surface area contributed by atoms with Crippen molar-refractivity contribution in [2.45, 2.75) is 0 Å². The van der Waals surface area contributed by atoms with E-state index in [1.807, 2.05) is 0 Å².